The molecule has 30 heavy (non-hydrogen) atoms. The van der Waals surface area contributed by atoms with Gasteiger partial charge in [-0.3, -0.25) is 4.79 Å². The van der Waals surface area contributed by atoms with Crippen LogP contribution in [0.1, 0.15) is 47.3 Å². The van der Waals surface area contributed by atoms with Gasteiger partial charge in [0.1, 0.15) is 22.6 Å². The van der Waals surface area contributed by atoms with E-state index in [1.165, 1.54) is 11.3 Å². The Balaban J connectivity index is 1.57. The fourth-order valence-corrected chi connectivity index (χ4v) is 5.04. The van der Waals surface area contributed by atoms with Gasteiger partial charge in [-0.2, -0.15) is 5.26 Å². The van der Waals surface area contributed by atoms with E-state index in [1.54, 1.807) is 25.6 Å². The zero-order valence-corrected chi connectivity index (χ0v) is 18.7. The molecular formula is C23H29N3O3S. The molecule has 0 fully saturated rings. The number of nitrogens with zero attached hydrogens (tertiary/aromatic N) is 2. The molecule has 6 nitrogen and oxygen atoms in total. The summed E-state index contributed by atoms with van der Waals surface area (Å²) >= 11 is 1.58. The van der Waals surface area contributed by atoms with Crippen molar-refractivity contribution >= 4 is 22.2 Å². The van der Waals surface area contributed by atoms with Gasteiger partial charge in [-0.15, -0.1) is 11.3 Å². The normalized spacial score (nSPS) is 13.3. The molecule has 0 radical (unpaired) electrons. The third kappa shape index (κ3) is 5.32. The van der Waals surface area contributed by atoms with Crippen molar-refractivity contribution in [2.24, 2.45) is 0 Å². The molecule has 0 unspecified atom stereocenters. The summed E-state index contributed by atoms with van der Waals surface area (Å²) in [4.78, 5) is 15.9. The van der Waals surface area contributed by atoms with Crippen LogP contribution in [0.15, 0.2) is 18.2 Å². The summed E-state index contributed by atoms with van der Waals surface area (Å²) in [5, 5.41) is 13.3. The lowest BCUT2D eigenvalue weighted by Gasteiger charge is -2.18. The highest BCUT2D eigenvalue weighted by Gasteiger charge is 2.21. The summed E-state index contributed by atoms with van der Waals surface area (Å²) in [5.74, 6) is 1.46. The molecule has 1 N–H and O–H groups in total. The highest BCUT2D eigenvalue weighted by atomic mass is 32.1. The Morgan fingerprint density at radius 2 is 2.03 bits per heavy atom. The minimum atomic E-state index is -0.0588. The third-order valence-corrected chi connectivity index (χ3v) is 6.65. The van der Waals surface area contributed by atoms with Gasteiger partial charge in [0.2, 0.25) is 5.91 Å². The zero-order chi connectivity index (χ0) is 21.5. The number of rotatable bonds is 8. The SMILES string of the molecule is COc1ccc(CN(C)CCC(=O)Nc2sc3c(c2C#N)CCCCC3)c(OC)c1. The minimum absolute atomic E-state index is 0.0588. The first-order valence-corrected chi connectivity index (χ1v) is 11.1. The van der Waals surface area contributed by atoms with Crippen molar-refractivity contribution in [3.63, 3.8) is 0 Å². The lowest BCUT2D eigenvalue weighted by atomic mass is 10.1. The number of hydrogen-bond acceptors (Lipinski definition) is 6. The van der Waals surface area contributed by atoms with Crippen LogP contribution in [0.25, 0.3) is 0 Å². The lowest BCUT2D eigenvalue weighted by Crippen LogP contribution is -2.24. The van der Waals surface area contributed by atoms with E-state index in [-0.39, 0.29) is 5.91 Å². The number of aryl methyl sites for hydroxylation is 1. The van der Waals surface area contributed by atoms with Crippen LogP contribution in [-0.2, 0) is 24.2 Å². The molecule has 1 aliphatic rings. The maximum atomic E-state index is 12.5. The Labute approximate surface area is 182 Å². The number of anilines is 1. The molecule has 7 heteroatoms. The molecule has 1 aromatic carbocycles. The Morgan fingerprint density at radius 3 is 2.77 bits per heavy atom. The van der Waals surface area contributed by atoms with Gasteiger partial charge in [0, 0.05) is 36.0 Å². The smallest absolute Gasteiger partial charge is 0.226 e. The van der Waals surface area contributed by atoms with Gasteiger partial charge < -0.3 is 19.7 Å². The number of amides is 1. The van der Waals surface area contributed by atoms with Crippen LogP contribution in [-0.4, -0.2) is 38.6 Å². The van der Waals surface area contributed by atoms with Gasteiger partial charge in [-0.25, -0.2) is 0 Å². The second-order valence-electron chi connectivity index (χ2n) is 7.59. The molecule has 0 atom stereocenters. The number of thiophene rings is 1. The van der Waals surface area contributed by atoms with E-state index in [2.05, 4.69) is 16.3 Å². The van der Waals surface area contributed by atoms with Crippen LogP contribution in [0.2, 0.25) is 0 Å². The summed E-state index contributed by atoms with van der Waals surface area (Å²) in [5.41, 5.74) is 2.86. The molecule has 1 aliphatic carbocycles. The molecule has 3 rings (SSSR count). The maximum absolute atomic E-state index is 12.5. The van der Waals surface area contributed by atoms with Gasteiger partial charge in [-0.05, 0) is 44.4 Å². The summed E-state index contributed by atoms with van der Waals surface area (Å²) in [7, 11) is 5.24. The van der Waals surface area contributed by atoms with Crippen LogP contribution in [0.3, 0.4) is 0 Å². The van der Waals surface area contributed by atoms with Gasteiger partial charge in [0.25, 0.3) is 0 Å². The molecular weight excluding hydrogens is 398 g/mol. The number of carbonyl (C=O) groups excluding carboxylic acids is 1. The second kappa shape index (κ2) is 10.5. The Bertz CT molecular complexity index is 933. The monoisotopic (exact) mass is 427 g/mol. The van der Waals surface area contributed by atoms with E-state index >= 15 is 0 Å². The molecule has 1 heterocycles. The summed E-state index contributed by atoms with van der Waals surface area (Å²) < 4.78 is 10.7. The van der Waals surface area contributed by atoms with E-state index in [0.29, 0.717) is 30.1 Å². The van der Waals surface area contributed by atoms with Crippen LogP contribution in [0, 0.1) is 11.3 Å². The molecule has 2 aromatic rings. The zero-order valence-electron chi connectivity index (χ0n) is 17.9. The quantitative estimate of drug-likeness (QED) is 0.634. The van der Waals surface area contributed by atoms with E-state index in [4.69, 9.17) is 9.47 Å². The summed E-state index contributed by atoms with van der Waals surface area (Å²) in [6, 6.07) is 8.06. The van der Waals surface area contributed by atoms with E-state index < -0.39 is 0 Å². The van der Waals surface area contributed by atoms with Crippen molar-refractivity contribution in [1.29, 1.82) is 5.26 Å². The fraction of sp³-hybridized carbons (Fsp3) is 0.478. The lowest BCUT2D eigenvalue weighted by molar-refractivity contribution is -0.116. The Morgan fingerprint density at radius 1 is 1.23 bits per heavy atom. The third-order valence-electron chi connectivity index (χ3n) is 5.44. The molecule has 0 saturated carbocycles. The van der Waals surface area contributed by atoms with Gasteiger partial charge >= 0.3 is 0 Å². The van der Waals surface area contributed by atoms with Gasteiger partial charge in [0.15, 0.2) is 0 Å². The molecule has 0 aliphatic heterocycles. The van der Waals surface area contributed by atoms with E-state index in [9.17, 15) is 10.1 Å². The van der Waals surface area contributed by atoms with Crippen molar-refractivity contribution in [1.82, 2.24) is 4.90 Å². The van der Waals surface area contributed by atoms with Crippen LogP contribution in [0.5, 0.6) is 11.5 Å². The summed E-state index contributed by atoms with van der Waals surface area (Å²) in [6.07, 6.45) is 5.80. The second-order valence-corrected chi connectivity index (χ2v) is 8.70. The van der Waals surface area contributed by atoms with E-state index in [0.717, 1.165) is 48.3 Å². The number of carbonyl (C=O) groups is 1. The van der Waals surface area contributed by atoms with Crippen LogP contribution >= 0.6 is 11.3 Å². The molecule has 0 saturated heterocycles. The highest BCUT2D eigenvalue weighted by Crippen LogP contribution is 2.37. The maximum Gasteiger partial charge on any atom is 0.226 e. The molecule has 0 spiro atoms. The molecule has 0 bridgehead atoms. The predicted molar refractivity (Wildman–Crippen MR) is 119 cm³/mol. The number of nitriles is 1. The molecule has 1 amide bonds. The number of ether oxygens (including phenoxy) is 2. The van der Waals surface area contributed by atoms with Crippen LogP contribution < -0.4 is 14.8 Å². The first-order chi connectivity index (χ1) is 14.5. The molecule has 160 valence electrons. The molecule has 1 aromatic heterocycles. The first kappa shape index (κ1) is 22.1. The van der Waals surface area contributed by atoms with Crippen molar-refractivity contribution in [3.05, 3.63) is 39.8 Å². The average Bonchev–Trinajstić information content (AvgIpc) is 2.91. The highest BCUT2D eigenvalue weighted by molar-refractivity contribution is 7.16. The van der Waals surface area contributed by atoms with Crippen molar-refractivity contribution in [2.45, 2.75) is 45.1 Å². The van der Waals surface area contributed by atoms with Crippen LogP contribution in [0.4, 0.5) is 5.00 Å². The number of methoxy groups -OCH3 is 2. The van der Waals surface area contributed by atoms with E-state index in [1.807, 2.05) is 25.2 Å². The standard InChI is InChI=1S/C23H29N3O3S/c1-26(15-16-9-10-17(28-2)13-20(16)29-3)12-11-22(27)25-23-19(14-24)18-7-5-4-6-8-21(18)30-23/h9-10,13H,4-8,11-12,15H2,1-3H3,(H,25,27). The Kier molecular flexibility index (Phi) is 7.72. The topological polar surface area (TPSA) is 74.6 Å². The largest absolute Gasteiger partial charge is 0.497 e. The van der Waals surface area contributed by atoms with Crippen molar-refractivity contribution < 1.29 is 14.3 Å². The number of fused-ring (bicyclic) bond motifs is 1. The van der Waals surface area contributed by atoms with Gasteiger partial charge in [-0.1, -0.05) is 12.5 Å². The summed E-state index contributed by atoms with van der Waals surface area (Å²) in [6.45, 7) is 1.27. The Hall–Kier alpha value is -2.56. The fourth-order valence-electron chi connectivity index (χ4n) is 3.78. The number of hydrogen-bond donors (Lipinski definition) is 1. The first-order valence-electron chi connectivity index (χ1n) is 10.3. The van der Waals surface area contributed by atoms with Crippen molar-refractivity contribution in [2.75, 3.05) is 33.1 Å². The minimum Gasteiger partial charge on any atom is -0.497 e. The number of benzene rings is 1. The number of nitrogens with one attached hydrogen (secondary N) is 1. The predicted octanol–water partition coefficient (Wildman–Crippen LogP) is 4.37. The van der Waals surface area contributed by atoms with Gasteiger partial charge in [0.05, 0.1) is 19.8 Å². The average molecular weight is 428 g/mol. The van der Waals surface area contributed by atoms with Crippen molar-refractivity contribution in [3.8, 4) is 17.6 Å².